The second-order valence-electron chi connectivity index (χ2n) is 4.50. The van der Waals surface area contributed by atoms with Crippen molar-refractivity contribution in [2.75, 3.05) is 6.54 Å². The van der Waals surface area contributed by atoms with Crippen molar-refractivity contribution in [2.45, 2.75) is 59.8 Å². The highest BCUT2D eigenvalue weighted by molar-refractivity contribution is 6.11. The van der Waals surface area contributed by atoms with E-state index in [9.17, 15) is 4.79 Å². The maximum Gasteiger partial charge on any atom is 0.233 e. The molecule has 0 fully saturated rings. The summed E-state index contributed by atoms with van der Waals surface area (Å²) in [5, 5.41) is 3.13. The van der Waals surface area contributed by atoms with Crippen LogP contribution in [-0.2, 0) is 4.79 Å². The van der Waals surface area contributed by atoms with Crippen LogP contribution in [-0.4, -0.2) is 26.3 Å². The van der Waals surface area contributed by atoms with Crippen LogP contribution in [0.5, 0.6) is 0 Å². The lowest BCUT2D eigenvalue weighted by atomic mass is 9.93. The molecule has 0 aromatic heterocycles. The smallest absolute Gasteiger partial charge is 0.233 e. The number of carbonyl (C=O) groups is 1. The molecule has 3 nitrogen and oxygen atoms in total. The number of carbonyl (C=O) groups excluding carboxylic acids is 1. The first kappa shape index (κ1) is 18.8. The van der Waals surface area contributed by atoms with Crippen molar-refractivity contribution >= 4 is 13.8 Å². The maximum atomic E-state index is 10.9. The fraction of sp³-hybridized carbons (Fsp3) is 0.923. The molecule has 0 aliphatic heterocycles. The minimum atomic E-state index is -0.383. The summed E-state index contributed by atoms with van der Waals surface area (Å²) in [6.45, 7) is 11.4. The molecule has 0 saturated heterocycles. The predicted molar refractivity (Wildman–Crippen MR) is 76.1 cm³/mol. The average Bonchev–Trinajstić information content (AvgIpc) is 2.30. The SMILES string of the molecule is CC.[B]CC(NC[C@@H](CC)CC(C)C)C(N)=O. The second kappa shape index (κ2) is 12.0. The Balaban J connectivity index is 0. The minimum Gasteiger partial charge on any atom is -0.368 e. The number of nitrogens with one attached hydrogen (secondary N) is 1. The van der Waals surface area contributed by atoms with Gasteiger partial charge < -0.3 is 11.1 Å². The van der Waals surface area contributed by atoms with Gasteiger partial charge in [0.1, 0.15) is 0 Å². The molecule has 0 saturated carbocycles. The Morgan fingerprint density at radius 1 is 1.35 bits per heavy atom. The van der Waals surface area contributed by atoms with Gasteiger partial charge in [0.15, 0.2) is 0 Å². The Kier molecular flexibility index (Phi) is 13.3. The number of amides is 1. The third kappa shape index (κ3) is 10.4. The highest BCUT2D eigenvalue weighted by atomic mass is 16.1. The molecule has 4 heteroatoms. The molecular formula is C13H29BN2O. The van der Waals surface area contributed by atoms with Crippen molar-refractivity contribution in [1.29, 1.82) is 0 Å². The van der Waals surface area contributed by atoms with Crippen LogP contribution in [0.1, 0.15) is 47.5 Å². The fourth-order valence-electron chi connectivity index (χ4n) is 1.67. The van der Waals surface area contributed by atoms with Crippen LogP contribution in [0.3, 0.4) is 0 Å². The van der Waals surface area contributed by atoms with E-state index in [1.807, 2.05) is 13.8 Å². The van der Waals surface area contributed by atoms with Gasteiger partial charge in [0.25, 0.3) is 0 Å². The summed E-state index contributed by atoms with van der Waals surface area (Å²) in [5.41, 5.74) is 5.19. The molecule has 0 spiro atoms. The Bertz CT molecular complexity index is 186. The van der Waals surface area contributed by atoms with Crippen LogP contribution in [0.2, 0.25) is 6.32 Å². The molecule has 0 bridgehead atoms. The summed E-state index contributed by atoms with van der Waals surface area (Å²) in [4.78, 5) is 10.9. The van der Waals surface area contributed by atoms with Gasteiger partial charge in [0.2, 0.25) is 5.91 Å². The molecule has 2 radical (unpaired) electrons. The Hall–Kier alpha value is -0.505. The lowest BCUT2D eigenvalue weighted by molar-refractivity contribution is -0.119. The van der Waals surface area contributed by atoms with Gasteiger partial charge in [-0.25, -0.2) is 0 Å². The summed E-state index contributed by atoms with van der Waals surface area (Å²) in [7, 11) is 5.44. The molecule has 2 atom stereocenters. The van der Waals surface area contributed by atoms with Gasteiger partial charge >= 0.3 is 0 Å². The van der Waals surface area contributed by atoms with E-state index in [4.69, 9.17) is 13.6 Å². The highest BCUT2D eigenvalue weighted by Gasteiger charge is 2.14. The van der Waals surface area contributed by atoms with Crippen LogP contribution in [0.15, 0.2) is 0 Å². The van der Waals surface area contributed by atoms with E-state index in [2.05, 4.69) is 26.1 Å². The number of hydrogen-bond acceptors (Lipinski definition) is 2. The lowest BCUT2D eigenvalue weighted by Gasteiger charge is -2.21. The molecule has 100 valence electrons. The van der Waals surface area contributed by atoms with Crippen molar-refractivity contribution in [2.24, 2.45) is 17.6 Å². The predicted octanol–water partition coefficient (Wildman–Crippen LogP) is 2.12. The zero-order valence-corrected chi connectivity index (χ0v) is 12.1. The standard InChI is InChI=1S/C11H23BN2O.C2H6/c1-4-9(5-8(2)3)7-14-10(6-12)11(13)15;1-2/h8-10,14H,4-7H2,1-3H3,(H2,13,15);1-2H3/t9-,10?;/m0./s1. The summed E-state index contributed by atoms with van der Waals surface area (Å²) in [6.07, 6.45) is 2.55. The third-order valence-corrected chi connectivity index (χ3v) is 2.61. The van der Waals surface area contributed by atoms with Gasteiger partial charge in [0, 0.05) is 0 Å². The molecule has 17 heavy (non-hydrogen) atoms. The topological polar surface area (TPSA) is 55.1 Å². The Morgan fingerprint density at radius 2 is 1.88 bits per heavy atom. The number of nitrogens with two attached hydrogens (primary N) is 1. The summed E-state index contributed by atoms with van der Waals surface area (Å²) >= 11 is 0. The number of hydrogen-bond donors (Lipinski definition) is 2. The fourth-order valence-corrected chi connectivity index (χ4v) is 1.67. The molecular weight excluding hydrogens is 211 g/mol. The van der Waals surface area contributed by atoms with Crippen LogP contribution in [0.4, 0.5) is 0 Å². The van der Waals surface area contributed by atoms with Crippen LogP contribution in [0, 0.1) is 11.8 Å². The van der Waals surface area contributed by atoms with Crippen LogP contribution >= 0.6 is 0 Å². The van der Waals surface area contributed by atoms with E-state index < -0.39 is 0 Å². The van der Waals surface area contributed by atoms with Gasteiger partial charge in [-0.15, -0.1) is 0 Å². The maximum absolute atomic E-state index is 10.9. The normalized spacial score (nSPS) is 13.8. The summed E-state index contributed by atoms with van der Waals surface area (Å²) in [5.74, 6) is 0.914. The molecule has 0 heterocycles. The molecule has 0 aliphatic carbocycles. The van der Waals surface area contributed by atoms with Gasteiger partial charge in [-0.1, -0.05) is 47.4 Å². The van der Waals surface area contributed by atoms with Crippen LogP contribution < -0.4 is 11.1 Å². The third-order valence-electron chi connectivity index (χ3n) is 2.61. The van der Waals surface area contributed by atoms with E-state index >= 15 is 0 Å². The first-order chi connectivity index (χ1) is 8.01. The molecule has 0 rings (SSSR count). The van der Waals surface area contributed by atoms with Crippen molar-refractivity contribution < 1.29 is 4.79 Å². The van der Waals surface area contributed by atoms with Crippen molar-refractivity contribution in [3.63, 3.8) is 0 Å². The summed E-state index contributed by atoms with van der Waals surface area (Å²) < 4.78 is 0. The first-order valence-corrected chi connectivity index (χ1v) is 6.74. The monoisotopic (exact) mass is 240 g/mol. The molecule has 1 amide bonds. The van der Waals surface area contributed by atoms with E-state index in [1.54, 1.807) is 0 Å². The zero-order valence-electron chi connectivity index (χ0n) is 12.1. The number of primary amides is 1. The highest BCUT2D eigenvalue weighted by Crippen LogP contribution is 2.14. The van der Waals surface area contributed by atoms with Gasteiger partial charge in [-0.2, -0.15) is 0 Å². The van der Waals surface area contributed by atoms with Gasteiger partial charge in [-0.05, 0) is 24.8 Å². The van der Waals surface area contributed by atoms with Crippen molar-refractivity contribution in [1.82, 2.24) is 5.32 Å². The van der Waals surface area contributed by atoms with E-state index in [0.29, 0.717) is 11.8 Å². The summed E-state index contributed by atoms with van der Waals surface area (Å²) in [6, 6.07) is -0.383. The van der Waals surface area contributed by atoms with Crippen molar-refractivity contribution in [3.8, 4) is 0 Å². The molecule has 0 aromatic rings. The van der Waals surface area contributed by atoms with E-state index in [-0.39, 0.29) is 18.3 Å². The molecule has 3 N–H and O–H groups in total. The quantitative estimate of drug-likeness (QED) is 0.638. The molecule has 1 unspecified atom stereocenters. The average molecular weight is 240 g/mol. The van der Waals surface area contributed by atoms with E-state index in [0.717, 1.165) is 13.0 Å². The molecule has 0 aromatic carbocycles. The van der Waals surface area contributed by atoms with Gasteiger partial charge in [-0.3, -0.25) is 4.79 Å². The minimum absolute atomic E-state index is 0.271. The lowest BCUT2D eigenvalue weighted by Crippen LogP contribution is -2.43. The first-order valence-electron chi connectivity index (χ1n) is 6.74. The molecule has 0 aliphatic rings. The van der Waals surface area contributed by atoms with Crippen LogP contribution in [0.25, 0.3) is 0 Å². The Morgan fingerprint density at radius 3 is 2.18 bits per heavy atom. The Labute approximate surface area is 108 Å². The van der Waals surface area contributed by atoms with E-state index in [1.165, 1.54) is 6.42 Å². The largest absolute Gasteiger partial charge is 0.368 e. The van der Waals surface area contributed by atoms with Crippen molar-refractivity contribution in [3.05, 3.63) is 0 Å². The second-order valence-corrected chi connectivity index (χ2v) is 4.50. The zero-order chi connectivity index (χ0) is 13.8. The van der Waals surface area contributed by atoms with Gasteiger partial charge in [0.05, 0.1) is 13.9 Å². The number of rotatable bonds is 8.